The smallest absolute Gasteiger partial charge is 0.292 e. The van der Waals surface area contributed by atoms with Crippen molar-refractivity contribution in [2.75, 3.05) is 28.6 Å². The Kier molecular flexibility index (Phi) is 4.15. The zero-order valence-corrected chi connectivity index (χ0v) is 13.9. The average molecular weight is 347 g/mol. The van der Waals surface area contributed by atoms with E-state index in [2.05, 4.69) is 0 Å². The summed E-state index contributed by atoms with van der Waals surface area (Å²) in [4.78, 5) is 12.7. The van der Waals surface area contributed by atoms with Gasteiger partial charge in [-0.2, -0.15) is 0 Å². The van der Waals surface area contributed by atoms with Gasteiger partial charge in [-0.15, -0.1) is 0 Å². The van der Waals surface area contributed by atoms with Gasteiger partial charge < -0.3 is 4.90 Å². The molecule has 2 aromatic rings. The van der Waals surface area contributed by atoms with Crippen LogP contribution in [0.25, 0.3) is 0 Å². The van der Waals surface area contributed by atoms with Crippen LogP contribution in [0.4, 0.5) is 17.1 Å². The van der Waals surface area contributed by atoms with Crippen LogP contribution in [0.3, 0.4) is 0 Å². The average Bonchev–Trinajstić information content (AvgIpc) is 2.74. The van der Waals surface area contributed by atoms with E-state index in [-0.39, 0.29) is 12.2 Å². The molecule has 0 amide bonds. The van der Waals surface area contributed by atoms with E-state index in [4.69, 9.17) is 0 Å². The van der Waals surface area contributed by atoms with Gasteiger partial charge in [0.2, 0.25) is 10.0 Å². The molecule has 0 fully saturated rings. The van der Waals surface area contributed by atoms with Crippen LogP contribution in [-0.2, 0) is 16.6 Å². The fraction of sp³-hybridized carbons (Fsp3) is 0.250. The van der Waals surface area contributed by atoms with E-state index < -0.39 is 14.9 Å². The fourth-order valence-electron chi connectivity index (χ4n) is 2.94. The van der Waals surface area contributed by atoms with Gasteiger partial charge >= 0.3 is 0 Å². The van der Waals surface area contributed by atoms with Gasteiger partial charge in [-0.25, -0.2) is 8.42 Å². The van der Waals surface area contributed by atoms with Crippen molar-refractivity contribution in [3.8, 4) is 0 Å². The topological polar surface area (TPSA) is 83.8 Å². The van der Waals surface area contributed by atoms with Gasteiger partial charge in [0.25, 0.3) is 5.69 Å². The Morgan fingerprint density at radius 3 is 2.29 bits per heavy atom. The monoisotopic (exact) mass is 347 g/mol. The van der Waals surface area contributed by atoms with E-state index in [0.717, 1.165) is 5.56 Å². The van der Waals surface area contributed by atoms with Crippen molar-refractivity contribution in [3.05, 3.63) is 64.2 Å². The molecule has 0 bridgehead atoms. The number of para-hydroxylation sites is 3. The Hall–Kier alpha value is -2.61. The molecule has 2 aromatic carbocycles. The van der Waals surface area contributed by atoms with Crippen LogP contribution in [0.5, 0.6) is 0 Å². The van der Waals surface area contributed by atoms with Crippen LogP contribution in [0.15, 0.2) is 48.5 Å². The highest BCUT2D eigenvalue weighted by Gasteiger charge is 2.27. The van der Waals surface area contributed by atoms with Gasteiger partial charge in [0.1, 0.15) is 5.69 Å². The molecule has 0 aliphatic carbocycles. The molecule has 0 unspecified atom stereocenters. The molecule has 0 radical (unpaired) electrons. The van der Waals surface area contributed by atoms with Crippen molar-refractivity contribution < 1.29 is 13.3 Å². The van der Waals surface area contributed by atoms with Crippen molar-refractivity contribution in [1.29, 1.82) is 0 Å². The maximum Gasteiger partial charge on any atom is 0.292 e. The first-order valence-electron chi connectivity index (χ1n) is 7.42. The molecule has 0 atom stereocenters. The first-order chi connectivity index (χ1) is 11.4. The number of rotatable bonds is 3. The summed E-state index contributed by atoms with van der Waals surface area (Å²) in [6.45, 7) is 1.02. The normalized spacial score (nSPS) is 14.9. The summed E-state index contributed by atoms with van der Waals surface area (Å²) in [6, 6.07) is 13.8. The maximum absolute atomic E-state index is 12.1. The molecule has 0 aromatic heterocycles. The molecule has 0 spiro atoms. The minimum Gasteiger partial charge on any atom is -0.360 e. The molecule has 1 aliphatic heterocycles. The van der Waals surface area contributed by atoms with E-state index in [1.54, 1.807) is 30.3 Å². The SMILES string of the molecule is CS(=O)(=O)N1CCN(c2ccccc2[N+](=O)[O-])Cc2ccccc21. The van der Waals surface area contributed by atoms with Crippen molar-refractivity contribution in [1.82, 2.24) is 0 Å². The quantitative estimate of drug-likeness (QED) is 0.629. The highest BCUT2D eigenvalue weighted by molar-refractivity contribution is 7.92. The molecule has 1 heterocycles. The molecular weight excluding hydrogens is 330 g/mol. The number of fused-ring (bicyclic) bond motifs is 1. The zero-order valence-electron chi connectivity index (χ0n) is 13.1. The van der Waals surface area contributed by atoms with Crippen molar-refractivity contribution in [2.45, 2.75) is 6.54 Å². The Labute approximate surface area is 140 Å². The Balaban J connectivity index is 2.06. The first-order valence-corrected chi connectivity index (χ1v) is 9.27. The molecule has 1 aliphatic rings. The van der Waals surface area contributed by atoms with Crippen molar-refractivity contribution in [3.63, 3.8) is 0 Å². The molecular formula is C16H17N3O4S. The largest absolute Gasteiger partial charge is 0.360 e. The van der Waals surface area contributed by atoms with E-state index in [1.165, 1.54) is 16.6 Å². The maximum atomic E-state index is 12.1. The summed E-state index contributed by atoms with van der Waals surface area (Å²) in [6.07, 6.45) is 1.17. The second-order valence-electron chi connectivity index (χ2n) is 5.63. The molecule has 7 nitrogen and oxygen atoms in total. The third-order valence-electron chi connectivity index (χ3n) is 4.01. The standard InChI is InChI=1S/C16H17N3O4S/c1-24(22,23)18-11-10-17(12-13-6-2-3-7-14(13)18)15-8-4-5-9-16(15)19(20)21/h2-9H,10-12H2,1H3. The Morgan fingerprint density at radius 2 is 1.62 bits per heavy atom. The molecule has 24 heavy (non-hydrogen) atoms. The van der Waals surface area contributed by atoms with Gasteiger partial charge in [-0.3, -0.25) is 14.4 Å². The lowest BCUT2D eigenvalue weighted by Gasteiger charge is -2.23. The second kappa shape index (κ2) is 6.12. The van der Waals surface area contributed by atoms with Crippen molar-refractivity contribution in [2.24, 2.45) is 0 Å². The molecule has 8 heteroatoms. The summed E-state index contributed by atoms with van der Waals surface area (Å²) in [5, 5.41) is 11.3. The Morgan fingerprint density at radius 1 is 1.00 bits per heavy atom. The number of hydrogen-bond donors (Lipinski definition) is 0. The zero-order chi connectivity index (χ0) is 17.3. The number of nitro groups is 1. The second-order valence-corrected chi connectivity index (χ2v) is 7.54. The van der Waals surface area contributed by atoms with Gasteiger partial charge in [-0.1, -0.05) is 30.3 Å². The van der Waals surface area contributed by atoms with Crippen molar-refractivity contribution >= 4 is 27.1 Å². The summed E-state index contributed by atoms with van der Waals surface area (Å²) in [5.41, 5.74) is 1.95. The van der Waals surface area contributed by atoms with E-state index in [1.807, 2.05) is 17.0 Å². The van der Waals surface area contributed by atoms with Crippen LogP contribution < -0.4 is 9.21 Å². The number of benzene rings is 2. The summed E-state index contributed by atoms with van der Waals surface area (Å²) < 4.78 is 25.6. The third kappa shape index (κ3) is 3.05. The number of nitrogens with zero attached hydrogens (tertiary/aromatic N) is 3. The van der Waals surface area contributed by atoms with Crippen LogP contribution in [0.2, 0.25) is 0 Å². The van der Waals surface area contributed by atoms with E-state index in [9.17, 15) is 18.5 Å². The molecule has 0 saturated carbocycles. The molecule has 0 saturated heterocycles. The molecule has 3 rings (SSSR count). The highest BCUT2D eigenvalue weighted by Crippen LogP contribution is 2.33. The van der Waals surface area contributed by atoms with Gasteiger partial charge in [0.15, 0.2) is 0 Å². The summed E-state index contributed by atoms with van der Waals surface area (Å²) in [5.74, 6) is 0. The summed E-state index contributed by atoms with van der Waals surface area (Å²) in [7, 11) is -3.42. The van der Waals surface area contributed by atoms with Crippen LogP contribution in [-0.4, -0.2) is 32.7 Å². The number of anilines is 2. The van der Waals surface area contributed by atoms with Gasteiger partial charge in [0.05, 0.1) is 23.4 Å². The molecule has 0 N–H and O–H groups in total. The van der Waals surface area contributed by atoms with Gasteiger partial charge in [0, 0.05) is 19.2 Å². The van der Waals surface area contributed by atoms with Crippen LogP contribution in [0.1, 0.15) is 5.56 Å². The Bertz CT molecular complexity index is 882. The predicted octanol–water partition coefficient (Wildman–Crippen LogP) is 2.38. The summed E-state index contributed by atoms with van der Waals surface area (Å²) >= 11 is 0. The molecule has 126 valence electrons. The highest BCUT2D eigenvalue weighted by atomic mass is 32.2. The number of hydrogen-bond acceptors (Lipinski definition) is 5. The number of sulfonamides is 1. The lowest BCUT2D eigenvalue weighted by atomic mass is 10.1. The van der Waals surface area contributed by atoms with E-state index in [0.29, 0.717) is 24.5 Å². The fourth-order valence-corrected chi connectivity index (χ4v) is 3.89. The minimum absolute atomic E-state index is 0.0165. The van der Waals surface area contributed by atoms with Gasteiger partial charge in [-0.05, 0) is 17.7 Å². The minimum atomic E-state index is -3.42. The number of nitro benzene ring substituents is 1. The lowest BCUT2D eigenvalue weighted by molar-refractivity contribution is -0.384. The predicted molar refractivity (Wildman–Crippen MR) is 92.8 cm³/mol. The van der Waals surface area contributed by atoms with Crippen LogP contribution >= 0.6 is 0 Å². The van der Waals surface area contributed by atoms with Crippen LogP contribution in [0, 0.1) is 10.1 Å². The third-order valence-corrected chi connectivity index (χ3v) is 5.19. The first kappa shape index (κ1) is 16.3. The lowest BCUT2D eigenvalue weighted by Crippen LogP contribution is -2.35. The van der Waals surface area contributed by atoms with E-state index >= 15 is 0 Å².